The van der Waals surface area contributed by atoms with Crippen LogP contribution < -0.4 is 24.0 Å². The molecule has 0 spiro atoms. The summed E-state index contributed by atoms with van der Waals surface area (Å²) < 4.78 is 4.64. The Morgan fingerprint density at radius 1 is 0.750 bits per heavy atom. The zero-order valence-electron chi connectivity index (χ0n) is 11.7. The number of unbranched alkanes of at least 4 members (excludes halogenated alkanes) is 3. The summed E-state index contributed by atoms with van der Waals surface area (Å²) in [5, 5.41) is 0. The van der Waals surface area contributed by atoms with Crippen LogP contribution in [0.25, 0.3) is 0 Å². The number of halogens is 1. The molecule has 0 saturated carbocycles. The zero-order valence-corrected chi connectivity index (χ0v) is 19.6. The van der Waals surface area contributed by atoms with Gasteiger partial charge < -0.3 is 24.0 Å². The first-order valence-electron chi connectivity index (χ1n) is 6.54. The molecule has 0 fully saturated rings. The Bertz CT molecular complexity index is 109. The first-order chi connectivity index (χ1) is 6.68. The zero-order chi connectivity index (χ0) is 10.9. The van der Waals surface area contributed by atoms with Gasteiger partial charge in [0, 0.05) is 0 Å². The molecular formula is C13H29ISnZn. The van der Waals surface area contributed by atoms with Crippen molar-refractivity contribution in [3.8, 4) is 0 Å². The summed E-state index contributed by atoms with van der Waals surface area (Å²) in [6.45, 7) is 6.93. The van der Waals surface area contributed by atoms with Crippen molar-refractivity contribution in [2.24, 2.45) is 0 Å². The summed E-state index contributed by atoms with van der Waals surface area (Å²) in [5.74, 6) is 0. The van der Waals surface area contributed by atoms with Crippen LogP contribution in [-0.2, 0) is 19.5 Å². The van der Waals surface area contributed by atoms with E-state index in [0.29, 0.717) is 0 Å². The van der Waals surface area contributed by atoms with Crippen LogP contribution in [0.15, 0.2) is 0 Å². The smallest absolute Gasteiger partial charge is 1.00 e. The molecule has 0 aromatic carbocycles. The van der Waals surface area contributed by atoms with Gasteiger partial charge in [-0.05, 0) is 0 Å². The molecule has 0 heterocycles. The largest absolute Gasteiger partial charge is 2.00 e. The molecule has 16 heavy (non-hydrogen) atoms. The molecule has 0 aliphatic carbocycles. The van der Waals surface area contributed by atoms with E-state index in [2.05, 4.69) is 20.8 Å². The van der Waals surface area contributed by atoms with Crippen molar-refractivity contribution in [2.45, 2.75) is 72.6 Å². The quantitative estimate of drug-likeness (QED) is 0.261. The molecule has 0 amide bonds. The van der Waals surface area contributed by atoms with E-state index in [4.69, 9.17) is 4.94 Å². The van der Waals surface area contributed by atoms with E-state index in [9.17, 15) is 0 Å². The maximum absolute atomic E-state index is 4.69. The molecule has 0 nitrogen and oxygen atoms in total. The van der Waals surface area contributed by atoms with Gasteiger partial charge in [-0.3, -0.25) is 0 Å². The summed E-state index contributed by atoms with van der Waals surface area (Å²) in [7, 11) is 0. The van der Waals surface area contributed by atoms with Gasteiger partial charge in [0.2, 0.25) is 0 Å². The minimum Gasteiger partial charge on any atom is -1.00 e. The van der Waals surface area contributed by atoms with Gasteiger partial charge in [-0.25, -0.2) is 0 Å². The summed E-state index contributed by atoms with van der Waals surface area (Å²) in [4.78, 5) is 4.69. The Kier molecular flexibility index (Phi) is 22.1. The molecule has 94 valence electrons. The van der Waals surface area contributed by atoms with Gasteiger partial charge in [-0.1, -0.05) is 0 Å². The average molecular weight is 496 g/mol. The number of rotatable bonds is 9. The normalized spacial score (nSPS) is 10.5. The van der Waals surface area contributed by atoms with Crippen molar-refractivity contribution in [1.29, 1.82) is 0 Å². The summed E-state index contributed by atoms with van der Waals surface area (Å²) >= 11 is -1.81. The average Bonchev–Trinajstić information content (AvgIpc) is 2.21. The van der Waals surface area contributed by atoms with E-state index in [-0.39, 0.29) is 43.5 Å². The fraction of sp³-hybridized carbons (Fsp3) is 0.923. The molecule has 0 atom stereocenters. The third-order valence-electron chi connectivity index (χ3n) is 3.18. The van der Waals surface area contributed by atoms with E-state index >= 15 is 0 Å². The standard InChI is InChI=1S/3C4H9.CH2.HI.Sn.Zn/c3*1-3-4-2;;;;/h3*1,3-4H2,2H3;1H2;1H;;/q;;;-1;;;+2/p-1. The summed E-state index contributed by atoms with van der Waals surface area (Å²) in [5.41, 5.74) is 0. The van der Waals surface area contributed by atoms with Crippen LogP contribution in [0.5, 0.6) is 0 Å². The molecule has 0 rings (SSSR count). The van der Waals surface area contributed by atoms with Crippen LogP contribution in [0.4, 0.5) is 0 Å². The predicted molar refractivity (Wildman–Crippen MR) is 70.3 cm³/mol. The molecule has 0 saturated heterocycles. The van der Waals surface area contributed by atoms with Gasteiger partial charge in [-0.15, -0.1) is 0 Å². The third kappa shape index (κ3) is 12.6. The van der Waals surface area contributed by atoms with Crippen molar-refractivity contribution in [2.75, 3.05) is 0 Å². The van der Waals surface area contributed by atoms with Gasteiger partial charge in [-0.2, -0.15) is 0 Å². The Morgan fingerprint density at radius 3 is 1.19 bits per heavy atom. The second-order valence-corrected chi connectivity index (χ2v) is 17.7. The van der Waals surface area contributed by atoms with Gasteiger partial charge in [0.1, 0.15) is 0 Å². The minimum atomic E-state index is -1.81. The van der Waals surface area contributed by atoms with Crippen LogP contribution in [0.2, 0.25) is 13.3 Å². The van der Waals surface area contributed by atoms with E-state index in [1.54, 1.807) is 13.3 Å². The maximum atomic E-state index is 4.69. The fourth-order valence-corrected chi connectivity index (χ4v) is 13.6. The molecule has 0 bridgehead atoms. The molecule has 0 aliphatic rings. The van der Waals surface area contributed by atoms with E-state index in [1.165, 1.54) is 38.5 Å². The van der Waals surface area contributed by atoms with Crippen molar-refractivity contribution in [1.82, 2.24) is 0 Å². The Balaban J connectivity index is -0.000000845. The molecule has 0 aromatic heterocycles. The Morgan fingerprint density at radius 2 is 1.00 bits per heavy atom. The van der Waals surface area contributed by atoms with Gasteiger partial charge in [0.15, 0.2) is 0 Å². The molecule has 0 unspecified atom stereocenters. The molecule has 0 N–H and O–H groups in total. The number of hydrogen-bond donors (Lipinski definition) is 0. The third-order valence-corrected chi connectivity index (χ3v) is 15.3. The van der Waals surface area contributed by atoms with Crippen molar-refractivity contribution < 1.29 is 43.5 Å². The van der Waals surface area contributed by atoms with Crippen molar-refractivity contribution in [3.63, 3.8) is 0 Å². The Hall–Kier alpha value is 2.15. The van der Waals surface area contributed by atoms with E-state index < -0.39 is 18.4 Å². The predicted octanol–water partition coefficient (Wildman–Crippen LogP) is 2.21. The second-order valence-electron chi connectivity index (χ2n) is 4.81. The van der Waals surface area contributed by atoms with E-state index in [0.717, 1.165) is 0 Å². The number of hydrogen-bond acceptors (Lipinski definition) is 0. The maximum Gasteiger partial charge on any atom is 2.00 e. The Labute approximate surface area is 138 Å². The van der Waals surface area contributed by atoms with Crippen LogP contribution in [0, 0.1) is 4.94 Å². The molecule has 0 radical (unpaired) electrons. The molecular weight excluding hydrogens is 467 g/mol. The topological polar surface area (TPSA) is 0 Å². The minimum absolute atomic E-state index is 0. The summed E-state index contributed by atoms with van der Waals surface area (Å²) in [6.07, 6.45) is 8.46. The van der Waals surface area contributed by atoms with Crippen LogP contribution in [-0.4, -0.2) is 18.4 Å². The first kappa shape index (κ1) is 23.3. The second kappa shape index (κ2) is 15.2. The van der Waals surface area contributed by atoms with Gasteiger partial charge >= 0.3 is 115 Å². The first-order valence-corrected chi connectivity index (χ1v) is 14.6. The van der Waals surface area contributed by atoms with Gasteiger partial charge in [0.05, 0.1) is 0 Å². The molecule has 0 aliphatic heterocycles. The summed E-state index contributed by atoms with van der Waals surface area (Å²) in [6, 6.07) is 0. The molecule has 3 heteroatoms. The van der Waals surface area contributed by atoms with E-state index in [1.807, 2.05) is 0 Å². The monoisotopic (exact) mass is 496 g/mol. The van der Waals surface area contributed by atoms with Crippen LogP contribution in [0.1, 0.15) is 59.3 Å². The van der Waals surface area contributed by atoms with Crippen molar-refractivity contribution >= 4 is 18.4 Å². The van der Waals surface area contributed by atoms with Gasteiger partial charge in [0.25, 0.3) is 0 Å². The molecule has 0 aromatic rings. The fourth-order valence-electron chi connectivity index (χ4n) is 2.03. The van der Waals surface area contributed by atoms with Crippen LogP contribution in [0.3, 0.4) is 0 Å². The van der Waals surface area contributed by atoms with Crippen LogP contribution >= 0.6 is 0 Å². The van der Waals surface area contributed by atoms with Crippen molar-refractivity contribution in [3.05, 3.63) is 4.94 Å². The SMILES string of the molecule is [CH2-][Sn]([CH2]CCC)([CH2]CCC)[CH2]CCC.[I-].[Zn+2].